The number of carbonyl (C=O) groups is 2. The largest absolute Gasteiger partial charge is 0.312 e. The van der Waals surface area contributed by atoms with Crippen LogP contribution in [0.5, 0.6) is 0 Å². The third kappa shape index (κ3) is 4.46. The first-order chi connectivity index (χ1) is 15.1. The lowest BCUT2D eigenvalue weighted by Crippen LogP contribution is -2.33. The molecular weight excluding hydrogens is 427 g/mol. The monoisotopic (exact) mass is 456 g/mol. The zero-order valence-corrected chi connectivity index (χ0v) is 19.0. The molecule has 3 atom stereocenters. The first kappa shape index (κ1) is 22.9. The number of unbranched alkanes of at least 4 members (excludes halogenated alkanes) is 1. The minimum atomic E-state index is -0.164. The third-order valence-corrected chi connectivity index (χ3v) is 7.41. The fourth-order valence-electron chi connectivity index (χ4n) is 5.69. The van der Waals surface area contributed by atoms with Crippen molar-refractivity contribution in [1.29, 1.82) is 0 Å². The van der Waals surface area contributed by atoms with Crippen LogP contribution in [-0.2, 0) is 4.79 Å². The van der Waals surface area contributed by atoms with Gasteiger partial charge in [0.25, 0.3) is 0 Å². The van der Waals surface area contributed by atoms with E-state index in [2.05, 4.69) is 4.90 Å². The Morgan fingerprint density at radius 1 is 0.906 bits per heavy atom. The quantitative estimate of drug-likeness (QED) is 0.569. The molecule has 0 aromatic heterocycles. The van der Waals surface area contributed by atoms with Gasteiger partial charge in [0.05, 0.1) is 5.69 Å². The summed E-state index contributed by atoms with van der Waals surface area (Å²) in [7, 11) is 0. The Balaban J connectivity index is 0.00000245. The summed E-state index contributed by atoms with van der Waals surface area (Å²) in [4.78, 5) is 29.3. The third-order valence-electron chi connectivity index (χ3n) is 7.41. The number of Topliss-reactive ketones (excluding diaryl/α,β-unsaturated/α-hetero) is 1. The summed E-state index contributed by atoms with van der Waals surface area (Å²) in [5.41, 5.74) is 2.73. The number of benzene rings is 2. The van der Waals surface area contributed by atoms with E-state index in [0.29, 0.717) is 36.8 Å². The van der Waals surface area contributed by atoms with Crippen molar-refractivity contribution in [2.75, 3.05) is 31.1 Å². The van der Waals surface area contributed by atoms with Crippen molar-refractivity contribution in [3.63, 3.8) is 0 Å². The Kier molecular flexibility index (Phi) is 6.96. The summed E-state index contributed by atoms with van der Waals surface area (Å²) in [5, 5.41) is 0. The highest BCUT2D eigenvalue weighted by Gasteiger charge is 2.47. The van der Waals surface area contributed by atoms with Crippen LogP contribution in [0.2, 0.25) is 0 Å². The lowest BCUT2D eigenvalue weighted by molar-refractivity contribution is -0.118. The number of anilines is 1. The second-order valence-electron chi connectivity index (χ2n) is 9.27. The van der Waals surface area contributed by atoms with E-state index in [1.54, 1.807) is 12.1 Å². The van der Waals surface area contributed by atoms with E-state index in [0.717, 1.165) is 44.1 Å². The minimum absolute atomic E-state index is 0. The number of nitrogens with zero attached hydrogens (tertiary/aromatic N) is 2. The van der Waals surface area contributed by atoms with Gasteiger partial charge in [-0.1, -0.05) is 24.3 Å². The van der Waals surface area contributed by atoms with Crippen LogP contribution in [0, 0.1) is 17.7 Å². The summed E-state index contributed by atoms with van der Waals surface area (Å²) in [6.45, 7) is 3.99. The molecule has 1 amide bonds. The van der Waals surface area contributed by atoms with Crippen LogP contribution in [-0.4, -0.2) is 42.8 Å². The number of hydrogen-bond donors (Lipinski definition) is 0. The van der Waals surface area contributed by atoms with Crippen molar-refractivity contribution in [2.45, 2.75) is 38.0 Å². The highest BCUT2D eigenvalue weighted by molar-refractivity contribution is 6.10. The van der Waals surface area contributed by atoms with Gasteiger partial charge in [0.1, 0.15) is 5.82 Å². The molecule has 0 radical (unpaired) electrons. The highest BCUT2D eigenvalue weighted by Crippen LogP contribution is 2.51. The SMILES string of the molecule is Cl.O=C1CCC(=O)N(CCCCN2C[C@H]3C[C@H](c4ccc(F)cc4)[C@H]3C2)c2ccccc21. The van der Waals surface area contributed by atoms with Gasteiger partial charge in [-0.2, -0.15) is 0 Å². The van der Waals surface area contributed by atoms with E-state index in [4.69, 9.17) is 0 Å². The average Bonchev–Trinajstić information content (AvgIpc) is 3.02. The second-order valence-corrected chi connectivity index (χ2v) is 9.27. The van der Waals surface area contributed by atoms with Crippen LogP contribution in [0.15, 0.2) is 48.5 Å². The van der Waals surface area contributed by atoms with Crippen molar-refractivity contribution in [3.8, 4) is 0 Å². The summed E-state index contributed by atoms with van der Waals surface area (Å²) < 4.78 is 13.2. The minimum Gasteiger partial charge on any atom is -0.312 e. The van der Waals surface area contributed by atoms with E-state index in [1.807, 2.05) is 41.3 Å². The molecule has 6 heteroatoms. The molecule has 170 valence electrons. The normalized spacial score (nSPS) is 24.9. The highest BCUT2D eigenvalue weighted by atomic mass is 35.5. The van der Waals surface area contributed by atoms with Gasteiger partial charge in [-0.25, -0.2) is 4.39 Å². The molecule has 1 saturated heterocycles. The maximum Gasteiger partial charge on any atom is 0.227 e. The van der Waals surface area contributed by atoms with Gasteiger partial charge in [0.2, 0.25) is 5.91 Å². The Bertz CT molecular complexity index is 980. The van der Waals surface area contributed by atoms with E-state index in [-0.39, 0.29) is 29.9 Å². The number of halogens is 2. The summed E-state index contributed by atoms with van der Waals surface area (Å²) in [6.07, 6.45) is 3.79. The molecule has 2 aromatic rings. The van der Waals surface area contributed by atoms with Crippen molar-refractivity contribution in [3.05, 3.63) is 65.5 Å². The zero-order chi connectivity index (χ0) is 21.4. The number of carbonyl (C=O) groups excluding carboxylic acids is 2. The number of ketones is 1. The number of rotatable bonds is 6. The molecule has 2 aromatic carbocycles. The van der Waals surface area contributed by atoms with Gasteiger partial charge < -0.3 is 9.80 Å². The molecule has 2 aliphatic heterocycles. The Hall–Kier alpha value is -2.24. The first-order valence-electron chi connectivity index (χ1n) is 11.5. The Morgan fingerprint density at radius 3 is 2.47 bits per heavy atom. The van der Waals surface area contributed by atoms with Gasteiger partial charge in [0.15, 0.2) is 5.78 Å². The number of likely N-dealkylation sites (tertiary alicyclic amines) is 1. The van der Waals surface area contributed by atoms with E-state index in [1.165, 1.54) is 12.0 Å². The maximum atomic E-state index is 13.2. The van der Waals surface area contributed by atoms with E-state index >= 15 is 0 Å². The fraction of sp³-hybridized carbons (Fsp3) is 0.462. The van der Waals surface area contributed by atoms with Crippen LogP contribution in [0.3, 0.4) is 0 Å². The van der Waals surface area contributed by atoms with Crippen molar-refractivity contribution in [1.82, 2.24) is 4.90 Å². The molecule has 3 aliphatic rings. The van der Waals surface area contributed by atoms with E-state index < -0.39 is 0 Å². The average molecular weight is 457 g/mol. The first-order valence-corrected chi connectivity index (χ1v) is 11.5. The predicted octanol–water partition coefficient (Wildman–Crippen LogP) is 5.07. The summed E-state index contributed by atoms with van der Waals surface area (Å²) in [5.74, 6) is 1.98. The lowest BCUT2D eigenvalue weighted by atomic mass is 9.64. The lowest BCUT2D eigenvalue weighted by Gasteiger charge is -2.40. The van der Waals surface area contributed by atoms with Gasteiger partial charge in [-0.3, -0.25) is 9.59 Å². The number of amides is 1. The van der Waals surface area contributed by atoms with Crippen LogP contribution in [0.4, 0.5) is 10.1 Å². The van der Waals surface area contributed by atoms with Crippen LogP contribution in [0.25, 0.3) is 0 Å². The number of fused-ring (bicyclic) bond motifs is 2. The summed E-state index contributed by atoms with van der Waals surface area (Å²) in [6, 6.07) is 14.5. The maximum absolute atomic E-state index is 13.2. The van der Waals surface area contributed by atoms with Crippen LogP contribution >= 0.6 is 12.4 Å². The van der Waals surface area contributed by atoms with Crippen LogP contribution in [0.1, 0.15) is 53.9 Å². The molecule has 2 heterocycles. The molecule has 2 fully saturated rings. The van der Waals surface area contributed by atoms with Gasteiger partial charge in [-0.05, 0) is 73.4 Å². The van der Waals surface area contributed by atoms with Gasteiger partial charge in [0, 0.05) is 38.0 Å². The Labute approximate surface area is 195 Å². The molecule has 0 bridgehead atoms. The van der Waals surface area contributed by atoms with Crippen molar-refractivity contribution < 1.29 is 14.0 Å². The second kappa shape index (κ2) is 9.72. The molecule has 0 unspecified atom stereocenters. The summed E-state index contributed by atoms with van der Waals surface area (Å²) >= 11 is 0. The number of para-hydroxylation sites is 1. The zero-order valence-electron chi connectivity index (χ0n) is 18.2. The topological polar surface area (TPSA) is 40.6 Å². The van der Waals surface area contributed by atoms with E-state index in [9.17, 15) is 14.0 Å². The van der Waals surface area contributed by atoms with Gasteiger partial charge in [-0.15, -0.1) is 12.4 Å². The molecule has 1 aliphatic carbocycles. The number of hydrogen-bond acceptors (Lipinski definition) is 3. The van der Waals surface area contributed by atoms with Crippen molar-refractivity contribution in [2.24, 2.45) is 11.8 Å². The predicted molar refractivity (Wildman–Crippen MR) is 126 cm³/mol. The molecule has 32 heavy (non-hydrogen) atoms. The molecule has 0 N–H and O–H groups in total. The van der Waals surface area contributed by atoms with Crippen molar-refractivity contribution >= 4 is 29.8 Å². The fourth-order valence-corrected chi connectivity index (χ4v) is 5.69. The molecule has 5 rings (SSSR count). The standard InChI is InChI=1S/C26H29FN2O2.ClH/c27-20-9-7-18(8-10-20)22-15-19-16-28(17-23(19)22)13-3-4-14-29-24-6-2-1-5-21(24)25(30)11-12-26(29)31;/h1-2,5-10,19,22-23H,3-4,11-17H2;1H/t19-,22-,23+;/m1./s1. The molecule has 4 nitrogen and oxygen atoms in total. The van der Waals surface area contributed by atoms with Crippen LogP contribution < -0.4 is 4.90 Å². The smallest absolute Gasteiger partial charge is 0.227 e. The molecule has 1 saturated carbocycles. The molecule has 0 spiro atoms. The molecular formula is C26H30ClFN2O2. The Morgan fingerprint density at radius 2 is 1.66 bits per heavy atom. The van der Waals surface area contributed by atoms with Gasteiger partial charge >= 0.3 is 0 Å².